The van der Waals surface area contributed by atoms with Gasteiger partial charge >= 0.3 is 0 Å². The number of nitrogen functional groups attached to an aromatic ring is 1. The van der Waals surface area contributed by atoms with E-state index in [1.165, 1.54) is 45.9 Å². The molecule has 1 spiro atoms. The van der Waals surface area contributed by atoms with Crippen LogP contribution in [-0.2, 0) is 0 Å². The molecule has 0 amide bonds. The maximum atomic E-state index is 6.22. The predicted octanol–water partition coefficient (Wildman–Crippen LogP) is 6.17. The van der Waals surface area contributed by atoms with Gasteiger partial charge in [0.25, 0.3) is 0 Å². The maximum Gasteiger partial charge on any atom is 0.0561 e. The molecule has 5 aliphatic rings. The number of aromatic nitrogens is 1. The van der Waals surface area contributed by atoms with Crippen LogP contribution in [0.25, 0.3) is 21.8 Å². The van der Waals surface area contributed by atoms with Crippen molar-refractivity contribution in [2.75, 3.05) is 11.1 Å². The lowest BCUT2D eigenvalue weighted by molar-refractivity contribution is 0.469. The molecule has 0 bridgehead atoms. The zero-order valence-electron chi connectivity index (χ0n) is 19.0. The van der Waals surface area contributed by atoms with Crippen molar-refractivity contribution in [1.82, 2.24) is 4.57 Å². The van der Waals surface area contributed by atoms with E-state index < -0.39 is 0 Å². The molecular weight excluding hydrogens is 416 g/mol. The lowest BCUT2D eigenvalue weighted by atomic mass is 9.79. The molecule has 4 nitrogen and oxygen atoms in total. The van der Waals surface area contributed by atoms with Crippen LogP contribution in [0.5, 0.6) is 0 Å². The Hall–Kier alpha value is -3.66. The summed E-state index contributed by atoms with van der Waals surface area (Å²) in [7, 11) is 0. The Morgan fingerprint density at radius 1 is 0.912 bits per heavy atom. The number of allylic oxidation sites excluding steroid dienone is 8. The Morgan fingerprint density at radius 2 is 1.76 bits per heavy atom. The van der Waals surface area contributed by atoms with Gasteiger partial charge in [-0.1, -0.05) is 42.5 Å². The summed E-state index contributed by atoms with van der Waals surface area (Å²) in [5, 5.41) is 6.30. The van der Waals surface area contributed by atoms with Crippen LogP contribution >= 0.6 is 0 Å². The topological polar surface area (TPSA) is 69.0 Å². The minimum Gasteiger partial charge on any atom is -0.399 e. The first kappa shape index (κ1) is 18.7. The predicted molar refractivity (Wildman–Crippen MR) is 140 cm³/mol. The highest BCUT2D eigenvalue weighted by Gasteiger charge is 2.68. The van der Waals surface area contributed by atoms with Gasteiger partial charge in [-0.05, 0) is 79.0 Å². The molecule has 5 N–H and O–H groups in total. The highest BCUT2D eigenvalue weighted by atomic mass is 15.0. The first-order chi connectivity index (χ1) is 16.6. The fraction of sp³-hybridized carbons (Fsp3) is 0.267. The second-order valence-corrected chi connectivity index (χ2v) is 10.8. The number of nitrogens with zero attached hydrogens (tertiary/aromatic N) is 1. The van der Waals surface area contributed by atoms with Crippen LogP contribution in [0.1, 0.15) is 25.3 Å². The summed E-state index contributed by atoms with van der Waals surface area (Å²) in [6.45, 7) is 0. The zero-order valence-corrected chi connectivity index (χ0v) is 19.0. The minimum atomic E-state index is 0.213. The molecule has 5 atom stereocenters. The summed E-state index contributed by atoms with van der Waals surface area (Å²) < 4.78 is 2.42. The van der Waals surface area contributed by atoms with Crippen LogP contribution in [-0.4, -0.2) is 4.57 Å². The van der Waals surface area contributed by atoms with E-state index in [9.17, 15) is 0 Å². The van der Waals surface area contributed by atoms with Gasteiger partial charge in [-0.3, -0.25) is 0 Å². The van der Waals surface area contributed by atoms with E-state index in [2.05, 4.69) is 76.7 Å². The molecular formula is C30H28N4. The lowest BCUT2D eigenvalue weighted by Crippen LogP contribution is -2.20. The van der Waals surface area contributed by atoms with Crippen LogP contribution in [0.3, 0.4) is 0 Å². The molecule has 3 aromatic rings. The normalized spacial score (nSPS) is 32.4. The third-order valence-corrected chi connectivity index (χ3v) is 8.90. The molecule has 2 saturated carbocycles. The van der Waals surface area contributed by atoms with Gasteiger partial charge in [0.2, 0.25) is 0 Å². The average molecular weight is 445 g/mol. The van der Waals surface area contributed by atoms with Gasteiger partial charge in [-0.2, -0.15) is 0 Å². The van der Waals surface area contributed by atoms with Gasteiger partial charge in [0, 0.05) is 39.0 Å². The van der Waals surface area contributed by atoms with Crippen molar-refractivity contribution in [3.8, 4) is 0 Å². The first-order valence-electron chi connectivity index (χ1n) is 12.5. The van der Waals surface area contributed by atoms with Crippen LogP contribution < -0.4 is 16.8 Å². The van der Waals surface area contributed by atoms with Gasteiger partial charge in [0.05, 0.1) is 17.1 Å². The second-order valence-electron chi connectivity index (χ2n) is 10.8. The molecule has 0 saturated heterocycles. The Labute approximate surface area is 199 Å². The molecule has 4 heteroatoms. The molecule has 5 unspecified atom stereocenters. The van der Waals surface area contributed by atoms with E-state index in [0.29, 0.717) is 5.41 Å². The summed E-state index contributed by atoms with van der Waals surface area (Å²) in [6, 6.07) is 13.2. The standard InChI is InChI=1S/C30H28N4/c31-19-3-7-22(8-4-19)34-28-14-20(32)5-9-23(28)24-10-6-21(15-29(24)34)33-27-12-2-18-16-30(18)25(27)11-1-17-13-26(17)30/h1-7,9-12,14-15,17-18,22,26,33H,8,13,16,31-32H2. The van der Waals surface area contributed by atoms with E-state index in [0.717, 1.165) is 41.2 Å². The minimum absolute atomic E-state index is 0.213. The number of fused-ring (bicyclic) bond motifs is 4. The van der Waals surface area contributed by atoms with Crippen LogP contribution in [0.2, 0.25) is 0 Å². The number of hydrogen-bond donors (Lipinski definition) is 3. The van der Waals surface area contributed by atoms with Crippen molar-refractivity contribution in [3.63, 3.8) is 0 Å². The molecule has 1 aromatic heterocycles. The summed E-state index contributed by atoms with van der Waals surface area (Å²) in [5.41, 5.74) is 20.6. The zero-order chi connectivity index (χ0) is 22.6. The number of anilines is 2. The first-order valence-corrected chi connectivity index (χ1v) is 12.5. The molecule has 0 radical (unpaired) electrons. The van der Waals surface area contributed by atoms with E-state index in [1.54, 1.807) is 0 Å². The maximum absolute atomic E-state index is 6.22. The van der Waals surface area contributed by atoms with Gasteiger partial charge in [-0.15, -0.1) is 0 Å². The van der Waals surface area contributed by atoms with Gasteiger partial charge < -0.3 is 21.4 Å². The fourth-order valence-electron chi connectivity index (χ4n) is 7.10. The smallest absolute Gasteiger partial charge is 0.0561 e. The average Bonchev–Trinajstić information content (AvgIpc) is 3.74. The van der Waals surface area contributed by atoms with Crippen LogP contribution in [0, 0.1) is 23.2 Å². The van der Waals surface area contributed by atoms with Gasteiger partial charge in [0.1, 0.15) is 0 Å². The van der Waals surface area contributed by atoms with Crippen molar-refractivity contribution in [2.24, 2.45) is 28.9 Å². The summed E-state index contributed by atoms with van der Waals surface area (Å²) in [6.07, 6.45) is 19.6. The monoisotopic (exact) mass is 444 g/mol. The molecule has 34 heavy (non-hydrogen) atoms. The fourth-order valence-corrected chi connectivity index (χ4v) is 7.10. The van der Waals surface area contributed by atoms with Crippen molar-refractivity contribution in [1.29, 1.82) is 0 Å². The third kappa shape index (κ3) is 2.43. The quantitative estimate of drug-likeness (QED) is 0.423. The third-order valence-electron chi connectivity index (χ3n) is 8.90. The number of benzene rings is 2. The molecule has 168 valence electrons. The van der Waals surface area contributed by atoms with E-state index >= 15 is 0 Å². The number of hydrogen-bond acceptors (Lipinski definition) is 3. The van der Waals surface area contributed by atoms with Crippen molar-refractivity contribution < 1.29 is 0 Å². The molecule has 8 rings (SSSR count). The van der Waals surface area contributed by atoms with Crippen molar-refractivity contribution in [2.45, 2.75) is 25.3 Å². The SMILES string of the molecule is NC1=CCC(n2c3cc(N)ccc3c3ccc(NC4=C5C=CC6CC6C56CC6C=C4)cc32)C=C1. The Balaban J connectivity index is 1.26. The Bertz CT molecular complexity index is 1560. The van der Waals surface area contributed by atoms with E-state index in [1.807, 2.05) is 12.1 Å². The lowest BCUT2D eigenvalue weighted by Gasteiger charge is -2.28. The molecule has 0 aliphatic heterocycles. The molecule has 5 aliphatic carbocycles. The number of nitrogens with two attached hydrogens (primary N) is 2. The van der Waals surface area contributed by atoms with Gasteiger partial charge in [-0.25, -0.2) is 0 Å². The largest absolute Gasteiger partial charge is 0.399 e. The Kier molecular flexibility index (Phi) is 3.45. The van der Waals surface area contributed by atoms with Crippen molar-refractivity contribution in [3.05, 3.63) is 95.9 Å². The van der Waals surface area contributed by atoms with Crippen LogP contribution in [0.4, 0.5) is 11.4 Å². The highest BCUT2D eigenvalue weighted by Crippen LogP contribution is 2.75. The molecule has 2 fully saturated rings. The highest BCUT2D eigenvalue weighted by molar-refractivity contribution is 6.09. The number of rotatable bonds is 3. The molecule has 2 aromatic carbocycles. The summed E-state index contributed by atoms with van der Waals surface area (Å²) in [5.74, 6) is 2.45. The van der Waals surface area contributed by atoms with Crippen molar-refractivity contribution >= 4 is 33.2 Å². The Morgan fingerprint density at radius 3 is 2.62 bits per heavy atom. The summed E-state index contributed by atoms with van der Waals surface area (Å²) >= 11 is 0. The number of nitrogens with one attached hydrogen (secondary N) is 1. The summed E-state index contributed by atoms with van der Waals surface area (Å²) in [4.78, 5) is 0. The van der Waals surface area contributed by atoms with E-state index in [4.69, 9.17) is 11.5 Å². The van der Waals surface area contributed by atoms with Gasteiger partial charge in [0.15, 0.2) is 0 Å². The molecule has 1 heterocycles. The second kappa shape index (κ2) is 6.26. The van der Waals surface area contributed by atoms with Crippen LogP contribution in [0.15, 0.2) is 95.9 Å². The van der Waals surface area contributed by atoms with E-state index in [-0.39, 0.29) is 6.04 Å².